The van der Waals surface area contributed by atoms with Crippen molar-refractivity contribution in [1.29, 1.82) is 0 Å². The number of aryl methyl sites for hydroxylation is 1. The van der Waals surface area contributed by atoms with Gasteiger partial charge < -0.3 is 15.4 Å². The Labute approximate surface area is 130 Å². The number of halogens is 2. The molecule has 1 rings (SSSR count). The fourth-order valence-corrected chi connectivity index (χ4v) is 2.32. The Kier molecular flexibility index (Phi) is 11.4. The predicted octanol–water partition coefficient (Wildman–Crippen LogP) is 1.48. The third kappa shape index (κ3) is 6.54. The van der Waals surface area contributed by atoms with Gasteiger partial charge in [-0.15, -0.1) is 36.2 Å². The Morgan fingerprint density at radius 1 is 1.58 bits per heavy atom. The molecule has 0 bridgehead atoms. The van der Waals surface area contributed by atoms with E-state index in [2.05, 4.69) is 11.9 Å². The minimum Gasteiger partial charge on any atom is -0.383 e. The summed E-state index contributed by atoms with van der Waals surface area (Å²) in [6, 6.07) is -0.601. The number of hydrogen-bond donors (Lipinski definition) is 1. The summed E-state index contributed by atoms with van der Waals surface area (Å²) in [5.41, 5.74) is 5.68. The largest absolute Gasteiger partial charge is 0.383 e. The summed E-state index contributed by atoms with van der Waals surface area (Å²) >= 11 is 1.63. The van der Waals surface area contributed by atoms with Crippen LogP contribution in [-0.2, 0) is 22.5 Å². The summed E-state index contributed by atoms with van der Waals surface area (Å²) in [6.07, 6.45) is 2.83. The van der Waals surface area contributed by atoms with Crippen LogP contribution in [0.1, 0.15) is 16.8 Å². The smallest absolute Gasteiger partial charge is 0.241 e. The molecule has 0 saturated heterocycles. The molecule has 0 radical (unpaired) electrons. The lowest BCUT2D eigenvalue weighted by atomic mass is 10.3. The van der Waals surface area contributed by atoms with E-state index >= 15 is 0 Å². The molecule has 1 heterocycles. The maximum absolute atomic E-state index is 11.8. The number of amides is 1. The number of carbonyl (C=O) groups excluding carboxylic acids is 1. The summed E-state index contributed by atoms with van der Waals surface area (Å²) in [5.74, 6) is -0.125. The number of rotatable bonds is 6. The maximum atomic E-state index is 11.8. The zero-order valence-corrected chi connectivity index (χ0v) is 13.7. The second kappa shape index (κ2) is 10.4. The Hall–Kier alpha value is -0.400. The molecule has 1 unspecified atom stereocenters. The first kappa shape index (κ1) is 20.9. The van der Waals surface area contributed by atoms with Crippen molar-refractivity contribution in [1.82, 2.24) is 9.88 Å². The molecule has 0 saturated carbocycles. The van der Waals surface area contributed by atoms with Crippen LogP contribution in [0.25, 0.3) is 0 Å². The standard InChI is InChI=1S/C11H19N3O2S.2ClH/c1-4-8-5-13-10(17-8)6-14(2)11(15)9(12)7-16-3;;/h5,9H,4,6-7,12H2,1-3H3;2*1H. The SMILES string of the molecule is CCc1cnc(CN(C)C(=O)C(N)COC)s1.Cl.Cl. The minimum absolute atomic E-state index is 0. The van der Waals surface area contributed by atoms with Crippen LogP contribution >= 0.6 is 36.2 Å². The van der Waals surface area contributed by atoms with Gasteiger partial charge in [-0.3, -0.25) is 4.79 Å². The Bertz CT molecular complexity index is 377. The van der Waals surface area contributed by atoms with Gasteiger partial charge in [0.1, 0.15) is 11.0 Å². The first-order chi connectivity index (χ1) is 8.08. The third-order valence-corrected chi connectivity index (χ3v) is 3.49. The Balaban J connectivity index is 0. The highest BCUT2D eigenvalue weighted by Crippen LogP contribution is 2.15. The summed E-state index contributed by atoms with van der Waals surface area (Å²) in [7, 11) is 3.26. The number of hydrogen-bond acceptors (Lipinski definition) is 5. The number of ether oxygens (including phenoxy) is 1. The molecule has 1 atom stereocenters. The summed E-state index contributed by atoms with van der Waals surface area (Å²) in [4.78, 5) is 18.9. The fourth-order valence-electron chi connectivity index (χ4n) is 1.40. The van der Waals surface area contributed by atoms with Crippen molar-refractivity contribution < 1.29 is 9.53 Å². The van der Waals surface area contributed by atoms with Gasteiger partial charge in [0.15, 0.2) is 0 Å². The van der Waals surface area contributed by atoms with Crippen LogP contribution in [-0.4, -0.2) is 42.6 Å². The Morgan fingerprint density at radius 3 is 2.68 bits per heavy atom. The normalized spacial score (nSPS) is 11.2. The maximum Gasteiger partial charge on any atom is 0.241 e. The molecule has 0 aliphatic rings. The lowest BCUT2D eigenvalue weighted by Gasteiger charge is -2.19. The summed E-state index contributed by atoms with van der Waals surface area (Å²) in [5, 5.41) is 0.933. The van der Waals surface area contributed by atoms with Gasteiger partial charge in [-0.1, -0.05) is 6.92 Å². The van der Waals surface area contributed by atoms with E-state index in [9.17, 15) is 4.79 Å². The number of nitrogens with zero attached hydrogens (tertiary/aromatic N) is 2. The number of aromatic nitrogens is 1. The van der Waals surface area contributed by atoms with Gasteiger partial charge in [0.25, 0.3) is 0 Å². The quantitative estimate of drug-likeness (QED) is 0.858. The fraction of sp³-hybridized carbons (Fsp3) is 0.636. The van der Waals surface area contributed by atoms with Gasteiger partial charge in [-0.2, -0.15) is 0 Å². The molecule has 0 aromatic carbocycles. The van der Waals surface area contributed by atoms with Crippen LogP contribution in [0, 0.1) is 0 Å². The highest BCUT2D eigenvalue weighted by Gasteiger charge is 2.18. The number of methoxy groups -OCH3 is 1. The van der Waals surface area contributed by atoms with E-state index < -0.39 is 6.04 Å². The predicted molar refractivity (Wildman–Crippen MR) is 82.3 cm³/mol. The molecular weight excluding hydrogens is 309 g/mol. The van der Waals surface area contributed by atoms with Crippen molar-refractivity contribution in [2.75, 3.05) is 20.8 Å². The average Bonchev–Trinajstić information content (AvgIpc) is 2.76. The molecule has 1 aromatic heterocycles. The molecule has 1 amide bonds. The molecule has 1 aromatic rings. The Morgan fingerprint density at radius 2 is 2.21 bits per heavy atom. The molecule has 0 spiro atoms. The summed E-state index contributed by atoms with van der Waals surface area (Å²) in [6.45, 7) is 2.82. The van der Waals surface area contributed by atoms with Crippen molar-refractivity contribution in [2.45, 2.75) is 25.9 Å². The van der Waals surface area contributed by atoms with Crippen LogP contribution in [0.3, 0.4) is 0 Å². The van der Waals surface area contributed by atoms with Crippen LogP contribution in [0.15, 0.2) is 6.20 Å². The van der Waals surface area contributed by atoms with E-state index in [1.165, 1.54) is 12.0 Å². The molecule has 0 aliphatic carbocycles. The van der Waals surface area contributed by atoms with Crippen molar-refractivity contribution in [3.63, 3.8) is 0 Å². The summed E-state index contributed by atoms with van der Waals surface area (Å²) < 4.78 is 4.86. The zero-order valence-electron chi connectivity index (χ0n) is 11.3. The molecule has 5 nitrogen and oxygen atoms in total. The molecule has 0 aliphatic heterocycles. The van der Waals surface area contributed by atoms with Crippen LogP contribution in [0.5, 0.6) is 0 Å². The van der Waals surface area contributed by atoms with Gasteiger partial charge in [0.05, 0.1) is 13.2 Å². The van der Waals surface area contributed by atoms with E-state index in [-0.39, 0.29) is 37.3 Å². The highest BCUT2D eigenvalue weighted by molar-refractivity contribution is 7.11. The molecule has 8 heteroatoms. The number of nitrogens with two attached hydrogens (primary N) is 1. The van der Waals surface area contributed by atoms with Crippen LogP contribution < -0.4 is 5.73 Å². The first-order valence-corrected chi connectivity index (χ1v) is 6.33. The monoisotopic (exact) mass is 329 g/mol. The molecule has 112 valence electrons. The highest BCUT2D eigenvalue weighted by atomic mass is 35.5. The first-order valence-electron chi connectivity index (χ1n) is 5.51. The second-order valence-electron chi connectivity index (χ2n) is 3.83. The van der Waals surface area contributed by atoms with Gasteiger partial charge in [0.2, 0.25) is 5.91 Å². The number of thiazole rings is 1. The second-order valence-corrected chi connectivity index (χ2v) is 5.03. The van der Waals surface area contributed by atoms with E-state index in [0.717, 1.165) is 11.4 Å². The number of carbonyl (C=O) groups is 1. The van der Waals surface area contributed by atoms with Crippen LogP contribution in [0.2, 0.25) is 0 Å². The number of likely N-dealkylation sites (N-methyl/N-ethyl adjacent to an activating group) is 1. The minimum atomic E-state index is -0.601. The van der Waals surface area contributed by atoms with E-state index in [0.29, 0.717) is 6.54 Å². The lowest BCUT2D eigenvalue weighted by molar-refractivity contribution is -0.132. The van der Waals surface area contributed by atoms with Crippen LogP contribution in [0.4, 0.5) is 0 Å². The molecular formula is C11H21Cl2N3O2S. The van der Waals surface area contributed by atoms with Gasteiger partial charge >= 0.3 is 0 Å². The van der Waals surface area contributed by atoms with E-state index in [1.54, 1.807) is 23.3 Å². The third-order valence-electron chi connectivity index (χ3n) is 2.36. The topological polar surface area (TPSA) is 68.5 Å². The van der Waals surface area contributed by atoms with E-state index in [4.69, 9.17) is 10.5 Å². The zero-order chi connectivity index (χ0) is 12.8. The van der Waals surface area contributed by atoms with Gasteiger partial charge in [-0.05, 0) is 6.42 Å². The van der Waals surface area contributed by atoms with Gasteiger partial charge in [-0.25, -0.2) is 4.98 Å². The van der Waals surface area contributed by atoms with Crippen molar-refractivity contribution in [2.24, 2.45) is 5.73 Å². The van der Waals surface area contributed by atoms with Crippen molar-refractivity contribution in [3.8, 4) is 0 Å². The molecule has 0 fully saturated rings. The van der Waals surface area contributed by atoms with Crippen molar-refractivity contribution >= 4 is 42.1 Å². The molecule has 2 N–H and O–H groups in total. The average molecular weight is 330 g/mol. The van der Waals surface area contributed by atoms with E-state index in [1.807, 2.05) is 6.20 Å². The molecule has 19 heavy (non-hydrogen) atoms. The van der Waals surface area contributed by atoms with Crippen molar-refractivity contribution in [3.05, 3.63) is 16.1 Å². The van der Waals surface area contributed by atoms with Gasteiger partial charge in [0, 0.05) is 25.2 Å². The lowest BCUT2D eigenvalue weighted by Crippen LogP contribution is -2.44.